The molecule has 0 bridgehead atoms. The number of carbonyl (C=O) groups excluding carboxylic acids is 2. The zero-order chi connectivity index (χ0) is 18.9. The lowest BCUT2D eigenvalue weighted by molar-refractivity contribution is -0.138. The van der Waals surface area contributed by atoms with Crippen molar-refractivity contribution in [2.24, 2.45) is 0 Å². The number of hydrogen-bond acceptors (Lipinski definition) is 6. The molecule has 0 radical (unpaired) electrons. The molecular weight excluding hydrogens is 336 g/mol. The maximum absolute atomic E-state index is 12.1. The van der Waals surface area contributed by atoms with Crippen molar-refractivity contribution >= 4 is 18.0 Å². The molecule has 1 aliphatic rings. The highest BCUT2D eigenvalue weighted by molar-refractivity contribution is 5.97. The smallest absolute Gasteiger partial charge is 0.348 e. The van der Waals surface area contributed by atoms with E-state index in [0.29, 0.717) is 17.1 Å². The van der Waals surface area contributed by atoms with Crippen molar-refractivity contribution in [3.63, 3.8) is 0 Å². The minimum absolute atomic E-state index is 0.0531. The van der Waals surface area contributed by atoms with E-state index in [9.17, 15) is 9.59 Å². The van der Waals surface area contributed by atoms with Gasteiger partial charge in [0.25, 0.3) is 5.91 Å². The van der Waals surface area contributed by atoms with E-state index in [2.05, 4.69) is 0 Å². The third-order valence-electron chi connectivity index (χ3n) is 3.92. The van der Waals surface area contributed by atoms with Crippen molar-refractivity contribution in [2.45, 2.75) is 19.8 Å². The molecule has 7 nitrogen and oxygen atoms in total. The summed E-state index contributed by atoms with van der Waals surface area (Å²) in [7, 11) is 1.48. The maximum Gasteiger partial charge on any atom is 0.348 e. The molecule has 7 heteroatoms. The first-order chi connectivity index (χ1) is 12.6. The van der Waals surface area contributed by atoms with Gasteiger partial charge in [-0.15, -0.1) is 0 Å². The topological polar surface area (TPSA) is 88.9 Å². The van der Waals surface area contributed by atoms with E-state index in [1.807, 2.05) is 6.07 Å². The summed E-state index contributed by atoms with van der Waals surface area (Å²) in [5.41, 5.74) is 0.483. The molecule has 0 saturated carbocycles. The second-order valence-electron chi connectivity index (χ2n) is 5.68. The SMILES string of the molecule is CCOC(=O)/C(C#N)=C/c1ccc(OCC(=O)N2CCCC2)c(OC)c1. The van der Waals surface area contributed by atoms with E-state index in [-0.39, 0.29) is 24.7 Å². The number of amides is 1. The number of nitriles is 1. The second kappa shape index (κ2) is 9.47. The number of ether oxygens (including phenoxy) is 3. The number of nitrogens with zero attached hydrogens (tertiary/aromatic N) is 2. The van der Waals surface area contributed by atoms with Crippen LogP contribution in [-0.4, -0.2) is 50.2 Å². The zero-order valence-electron chi connectivity index (χ0n) is 15.0. The molecule has 2 rings (SSSR count). The molecule has 0 aromatic heterocycles. The summed E-state index contributed by atoms with van der Waals surface area (Å²) < 4.78 is 15.7. The lowest BCUT2D eigenvalue weighted by atomic mass is 10.1. The summed E-state index contributed by atoms with van der Waals surface area (Å²) in [4.78, 5) is 25.5. The highest BCUT2D eigenvalue weighted by atomic mass is 16.5. The Balaban J connectivity index is 2.10. The Labute approximate surface area is 152 Å². The van der Waals surface area contributed by atoms with Gasteiger partial charge in [0.1, 0.15) is 11.6 Å². The number of esters is 1. The molecule has 1 aromatic rings. The van der Waals surface area contributed by atoms with Crippen LogP contribution in [0.15, 0.2) is 23.8 Å². The quantitative estimate of drug-likeness (QED) is 0.422. The van der Waals surface area contributed by atoms with Crippen LogP contribution >= 0.6 is 0 Å². The van der Waals surface area contributed by atoms with Crippen LogP contribution in [0.1, 0.15) is 25.3 Å². The summed E-state index contributed by atoms with van der Waals surface area (Å²) in [5.74, 6) is 0.106. The molecule has 1 fully saturated rings. The average molecular weight is 358 g/mol. The Hall–Kier alpha value is -3.01. The van der Waals surface area contributed by atoms with Gasteiger partial charge in [0, 0.05) is 13.1 Å². The molecule has 1 saturated heterocycles. The van der Waals surface area contributed by atoms with E-state index in [0.717, 1.165) is 25.9 Å². The lowest BCUT2D eigenvalue weighted by Gasteiger charge is -2.16. The van der Waals surface area contributed by atoms with Crippen molar-refractivity contribution in [1.82, 2.24) is 4.90 Å². The number of benzene rings is 1. The summed E-state index contributed by atoms with van der Waals surface area (Å²) in [6.07, 6.45) is 3.47. The molecule has 1 amide bonds. The molecule has 0 spiro atoms. The maximum atomic E-state index is 12.1. The number of carbonyl (C=O) groups is 2. The van der Waals surface area contributed by atoms with Gasteiger partial charge in [-0.2, -0.15) is 5.26 Å². The predicted octanol–water partition coefficient (Wildman–Crippen LogP) is 2.17. The monoisotopic (exact) mass is 358 g/mol. The number of hydrogen-bond donors (Lipinski definition) is 0. The van der Waals surface area contributed by atoms with Crippen LogP contribution in [-0.2, 0) is 14.3 Å². The van der Waals surface area contributed by atoms with Crippen molar-refractivity contribution in [3.8, 4) is 17.6 Å². The third kappa shape index (κ3) is 4.99. The molecule has 0 N–H and O–H groups in total. The van der Waals surface area contributed by atoms with Gasteiger partial charge in [-0.1, -0.05) is 6.07 Å². The van der Waals surface area contributed by atoms with Gasteiger partial charge >= 0.3 is 5.97 Å². The molecule has 138 valence electrons. The van der Waals surface area contributed by atoms with Crippen molar-refractivity contribution in [1.29, 1.82) is 5.26 Å². The van der Waals surface area contributed by atoms with Crippen LogP contribution in [0.4, 0.5) is 0 Å². The van der Waals surface area contributed by atoms with Crippen LogP contribution in [0.2, 0.25) is 0 Å². The highest BCUT2D eigenvalue weighted by Gasteiger charge is 2.19. The van der Waals surface area contributed by atoms with Gasteiger partial charge in [-0.3, -0.25) is 4.79 Å². The van der Waals surface area contributed by atoms with Gasteiger partial charge in [-0.25, -0.2) is 4.79 Å². The molecule has 0 unspecified atom stereocenters. The van der Waals surface area contributed by atoms with Gasteiger partial charge < -0.3 is 19.1 Å². The number of methoxy groups -OCH3 is 1. The summed E-state index contributed by atoms with van der Waals surface area (Å²) in [5, 5.41) is 9.10. The average Bonchev–Trinajstić information content (AvgIpc) is 3.19. The van der Waals surface area contributed by atoms with Crippen molar-refractivity contribution < 1.29 is 23.8 Å². The third-order valence-corrected chi connectivity index (χ3v) is 3.92. The Morgan fingerprint density at radius 2 is 2.00 bits per heavy atom. The second-order valence-corrected chi connectivity index (χ2v) is 5.68. The van der Waals surface area contributed by atoms with E-state index >= 15 is 0 Å². The molecular formula is C19H22N2O5. The summed E-state index contributed by atoms with van der Waals surface area (Å²) in [6, 6.07) is 6.77. The minimum Gasteiger partial charge on any atom is -0.493 e. The van der Waals surface area contributed by atoms with Crippen LogP contribution in [0, 0.1) is 11.3 Å². The Kier molecular flexibility index (Phi) is 7.03. The molecule has 1 heterocycles. The summed E-state index contributed by atoms with van der Waals surface area (Å²) >= 11 is 0. The van der Waals surface area contributed by atoms with Crippen molar-refractivity contribution in [3.05, 3.63) is 29.3 Å². The normalized spacial score (nSPS) is 13.9. The van der Waals surface area contributed by atoms with Gasteiger partial charge in [0.15, 0.2) is 18.1 Å². The largest absolute Gasteiger partial charge is 0.493 e. The molecule has 26 heavy (non-hydrogen) atoms. The molecule has 0 atom stereocenters. The first-order valence-corrected chi connectivity index (χ1v) is 8.46. The summed E-state index contributed by atoms with van der Waals surface area (Å²) in [6.45, 7) is 3.35. The van der Waals surface area contributed by atoms with Crippen LogP contribution in [0.25, 0.3) is 6.08 Å². The van der Waals surface area contributed by atoms with Crippen molar-refractivity contribution in [2.75, 3.05) is 33.4 Å². The van der Waals surface area contributed by atoms with Gasteiger partial charge in [0.2, 0.25) is 0 Å². The Bertz CT molecular complexity index is 730. The Morgan fingerprint density at radius 3 is 2.62 bits per heavy atom. The standard InChI is InChI=1S/C19H22N2O5/c1-3-25-19(23)15(12-20)10-14-6-7-16(17(11-14)24-2)26-13-18(22)21-8-4-5-9-21/h6-7,10-11H,3-5,8-9,13H2,1-2H3/b15-10+. The highest BCUT2D eigenvalue weighted by Crippen LogP contribution is 2.29. The van der Waals surface area contributed by atoms with Crippen LogP contribution in [0.5, 0.6) is 11.5 Å². The van der Waals surface area contributed by atoms with E-state index in [1.54, 1.807) is 30.0 Å². The van der Waals surface area contributed by atoms with E-state index in [1.165, 1.54) is 13.2 Å². The number of rotatable bonds is 7. The molecule has 1 aromatic carbocycles. The first-order valence-electron chi connectivity index (χ1n) is 8.46. The fraction of sp³-hybridized carbons (Fsp3) is 0.421. The predicted molar refractivity (Wildman–Crippen MR) is 94.5 cm³/mol. The van der Waals surface area contributed by atoms with E-state index < -0.39 is 5.97 Å². The first kappa shape index (κ1) is 19.3. The zero-order valence-corrected chi connectivity index (χ0v) is 15.0. The van der Waals surface area contributed by atoms with E-state index in [4.69, 9.17) is 19.5 Å². The van der Waals surface area contributed by atoms with Gasteiger partial charge in [0.05, 0.1) is 13.7 Å². The van der Waals surface area contributed by atoms with Gasteiger partial charge in [-0.05, 0) is 43.5 Å². The fourth-order valence-electron chi connectivity index (χ4n) is 2.60. The molecule has 1 aliphatic heterocycles. The molecule has 0 aliphatic carbocycles. The van der Waals surface area contributed by atoms with Crippen LogP contribution < -0.4 is 9.47 Å². The minimum atomic E-state index is -0.675. The fourth-order valence-corrected chi connectivity index (χ4v) is 2.60. The number of likely N-dealkylation sites (tertiary alicyclic amines) is 1. The van der Waals surface area contributed by atoms with Crippen LogP contribution in [0.3, 0.4) is 0 Å². The lowest BCUT2D eigenvalue weighted by Crippen LogP contribution is -2.32. The Morgan fingerprint density at radius 1 is 1.27 bits per heavy atom.